The van der Waals surface area contributed by atoms with Crippen molar-refractivity contribution < 1.29 is 5.11 Å². The maximum atomic E-state index is 9.52. The Hall–Kier alpha value is -0.940. The Morgan fingerprint density at radius 2 is 2.31 bits per heavy atom. The second-order valence-electron chi connectivity index (χ2n) is 3.31. The molecule has 1 atom stereocenters. The van der Waals surface area contributed by atoms with E-state index in [0.29, 0.717) is 18.7 Å². The standard InChI is InChI=1S/C8H16N4O/c1-6(2)12-5-7(10-11-12)8(13)3-4-9/h5-6,8,13H,3-4,9H2,1-2H3. The molecule has 1 unspecified atom stereocenters. The quantitative estimate of drug-likeness (QED) is 0.702. The van der Waals surface area contributed by atoms with Crippen molar-refractivity contribution in [2.45, 2.75) is 32.4 Å². The fourth-order valence-corrected chi connectivity index (χ4v) is 1.00. The molecule has 1 rings (SSSR count). The first-order valence-corrected chi connectivity index (χ1v) is 4.45. The van der Waals surface area contributed by atoms with E-state index >= 15 is 0 Å². The van der Waals surface area contributed by atoms with Gasteiger partial charge in [-0.05, 0) is 26.8 Å². The third kappa shape index (κ3) is 2.50. The van der Waals surface area contributed by atoms with Gasteiger partial charge in [0.25, 0.3) is 0 Å². The van der Waals surface area contributed by atoms with Crippen LogP contribution in [0.25, 0.3) is 0 Å². The van der Waals surface area contributed by atoms with Gasteiger partial charge in [-0.1, -0.05) is 5.21 Å². The Kier molecular flexibility index (Phi) is 3.39. The summed E-state index contributed by atoms with van der Waals surface area (Å²) in [6.07, 6.45) is 1.69. The molecular weight excluding hydrogens is 168 g/mol. The van der Waals surface area contributed by atoms with E-state index in [1.54, 1.807) is 10.9 Å². The molecule has 5 heteroatoms. The molecule has 13 heavy (non-hydrogen) atoms. The van der Waals surface area contributed by atoms with Gasteiger partial charge >= 0.3 is 0 Å². The summed E-state index contributed by atoms with van der Waals surface area (Å²) >= 11 is 0. The van der Waals surface area contributed by atoms with Crippen LogP contribution >= 0.6 is 0 Å². The highest BCUT2D eigenvalue weighted by molar-refractivity contribution is 4.97. The molecule has 0 bridgehead atoms. The average molecular weight is 184 g/mol. The number of aliphatic hydroxyl groups is 1. The van der Waals surface area contributed by atoms with Gasteiger partial charge in [-0.3, -0.25) is 0 Å². The molecule has 0 saturated heterocycles. The highest BCUT2D eigenvalue weighted by atomic mass is 16.3. The normalized spacial score (nSPS) is 13.6. The molecule has 1 aromatic heterocycles. The molecule has 0 spiro atoms. The topological polar surface area (TPSA) is 77.0 Å². The van der Waals surface area contributed by atoms with Crippen LogP contribution in [0.2, 0.25) is 0 Å². The molecule has 0 aliphatic rings. The first-order valence-electron chi connectivity index (χ1n) is 4.45. The number of aliphatic hydroxyl groups excluding tert-OH is 1. The van der Waals surface area contributed by atoms with Crippen molar-refractivity contribution in [3.8, 4) is 0 Å². The molecule has 1 heterocycles. The maximum Gasteiger partial charge on any atom is 0.111 e. The predicted octanol–water partition coefficient (Wildman–Crippen LogP) is 0.241. The second kappa shape index (κ2) is 4.34. The SMILES string of the molecule is CC(C)n1cc(C(O)CCN)nn1. The van der Waals surface area contributed by atoms with Crippen molar-refractivity contribution in [1.82, 2.24) is 15.0 Å². The molecule has 0 aromatic carbocycles. The minimum Gasteiger partial charge on any atom is -0.387 e. The summed E-state index contributed by atoms with van der Waals surface area (Å²) < 4.78 is 1.72. The van der Waals surface area contributed by atoms with Crippen LogP contribution in [-0.2, 0) is 0 Å². The van der Waals surface area contributed by atoms with Crippen LogP contribution in [0.4, 0.5) is 0 Å². The number of rotatable bonds is 4. The van der Waals surface area contributed by atoms with Crippen LogP contribution in [0.15, 0.2) is 6.20 Å². The molecule has 0 aliphatic carbocycles. The predicted molar refractivity (Wildman–Crippen MR) is 49.0 cm³/mol. The third-order valence-electron chi connectivity index (χ3n) is 1.84. The van der Waals surface area contributed by atoms with Gasteiger partial charge in [-0.15, -0.1) is 5.10 Å². The van der Waals surface area contributed by atoms with Gasteiger partial charge in [-0.2, -0.15) is 0 Å². The number of nitrogens with zero attached hydrogens (tertiary/aromatic N) is 3. The van der Waals surface area contributed by atoms with Crippen LogP contribution in [0, 0.1) is 0 Å². The van der Waals surface area contributed by atoms with E-state index < -0.39 is 6.10 Å². The van der Waals surface area contributed by atoms with Crippen LogP contribution in [0.1, 0.15) is 38.1 Å². The van der Waals surface area contributed by atoms with Gasteiger partial charge in [0.15, 0.2) is 0 Å². The zero-order chi connectivity index (χ0) is 9.84. The summed E-state index contributed by atoms with van der Waals surface area (Å²) in [6, 6.07) is 0.270. The largest absolute Gasteiger partial charge is 0.387 e. The summed E-state index contributed by atoms with van der Waals surface area (Å²) in [7, 11) is 0. The average Bonchev–Trinajstić information content (AvgIpc) is 2.52. The Morgan fingerprint density at radius 3 is 2.77 bits per heavy atom. The van der Waals surface area contributed by atoms with E-state index in [1.807, 2.05) is 13.8 Å². The monoisotopic (exact) mass is 184 g/mol. The van der Waals surface area contributed by atoms with Crippen LogP contribution in [0.5, 0.6) is 0 Å². The minimum absolute atomic E-state index is 0.270. The lowest BCUT2D eigenvalue weighted by atomic mass is 10.2. The second-order valence-corrected chi connectivity index (χ2v) is 3.31. The number of nitrogens with two attached hydrogens (primary N) is 1. The molecule has 0 saturated carbocycles. The van der Waals surface area contributed by atoms with E-state index in [1.165, 1.54) is 0 Å². The summed E-state index contributed by atoms with van der Waals surface area (Å²) in [5.41, 5.74) is 5.91. The van der Waals surface area contributed by atoms with E-state index in [-0.39, 0.29) is 6.04 Å². The van der Waals surface area contributed by atoms with Crippen LogP contribution in [0.3, 0.4) is 0 Å². The maximum absolute atomic E-state index is 9.52. The zero-order valence-electron chi connectivity index (χ0n) is 8.01. The molecule has 5 nitrogen and oxygen atoms in total. The highest BCUT2D eigenvalue weighted by Crippen LogP contribution is 2.13. The van der Waals surface area contributed by atoms with Gasteiger partial charge in [0, 0.05) is 6.04 Å². The van der Waals surface area contributed by atoms with Crippen molar-refractivity contribution in [3.05, 3.63) is 11.9 Å². The van der Waals surface area contributed by atoms with Crippen molar-refractivity contribution in [2.75, 3.05) is 6.54 Å². The molecule has 0 aliphatic heterocycles. The van der Waals surface area contributed by atoms with E-state index in [9.17, 15) is 5.11 Å². The molecule has 0 amide bonds. The van der Waals surface area contributed by atoms with Crippen molar-refractivity contribution in [2.24, 2.45) is 5.73 Å². The van der Waals surface area contributed by atoms with Gasteiger partial charge in [0.2, 0.25) is 0 Å². The lowest BCUT2D eigenvalue weighted by Gasteiger charge is -2.04. The molecule has 0 fully saturated rings. The van der Waals surface area contributed by atoms with E-state index in [4.69, 9.17) is 5.73 Å². The lowest BCUT2D eigenvalue weighted by Crippen LogP contribution is -2.07. The minimum atomic E-state index is -0.586. The number of aromatic nitrogens is 3. The third-order valence-corrected chi connectivity index (χ3v) is 1.84. The smallest absolute Gasteiger partial charge is 0.111 e. The van der Waals surface area contributed by atoms with Crippen molar-refractivity contribution in [3.63, 3.8) is 0 Å². The van der Waals surface area contributed by atoms with Gasteiger partial charge < -0.3 is 10.8 Å². The zero-order valence-corrected chi connectivity index (χ0v) is 8.01. The van der Waals surface area contributed by atoms with E-state index in [0.717, 1.165) is 0 Å². The first kappa shape index (κ1) is 10.1. The van der Waals surface area contributed by atoms with Gasteiger partial charge in [-0.25, -0.2) is 4.68 Å². The summed E-state index contributed by atoms with van der Waals surface area (Å²) in [5, 5.41) is 17.3. The van der Waals surface area contributed by atoms with Crippen LogP contribution in [-0.4, -0.2) is 26.6 Å². The Morgan fingerprint density at radius 1 is 1.62 bits per heavy atom. The van der Waals surface area contributed by atoms with Crippen molar-refractivity contribution >= 4 is 0 Å². The van der Waals surface area contributed by atoms with E-state index in [2.05, 4.69) is 10.3 Å². The Bertz CT molecular complexity index is 258. The fourth-order valence-electron chi connectivity index (χ4n) is 1.00. The molecular formula is C8H16N4O. The van der Waals surface area contributed by atoms with Gasteiger partial charge in [0.1, 0.15) is 11.8 Å². The summed E-state index contributed by atoms with van der Waals surface area (Å²) in [4.78, 5) is 0. The first-order chi connectivity index (χ1) is 6.15. The molecule has 1 aromatic rings. The lowest BCUT2D eigenvalue weighted by molar-refractivity contribution is 0.165. The molecule has 74 valence electrons. The summed E-state index contributed by atoms with van der Waals surface area (Å²) in [5.74, 6) is 0. The molecule has 3 N–H and O–H groups in total. The Labute approximate surface area is 77.6 Å². The number of hydrogen-bond donors (Lipinski definition) is 2. The summed E-state index contributed by atoms with van der Waals surface area (Å²) in [6.45, 7) is 4.47. The Balaban J connectivity index is 2.67. The van der Waals surface area contributed by atoms with Crippen molar-refractivity contribution in [1.29, 1.82) is 0 Å². The number of hydrogen-bond acceptors (Lipinski definition) is 4. The van der Waals surface area contributed by atoms with Crippen LogP contribution < -0.4 is 5.73 Å². The fraction of sp³-hybridized carbons (Fsp3) is 0.750. The highest BCUT2D eigenvalue weighted by Gasteiger charge is 2.11. The molecule has 0 radical (unpaired) electrons. The van der Waals surface area contributed by atoms with Gasteiger partial charge in [0.05, 0.1) is 6.20 Å².